The fourth-order valence-electron chi connectivity index (χ4n) is 6.40. The quantitative estimate of drug-likeness (QED) is 0.0586. The molecule has 6 rings (SSSR count). The van der Waals surface area contributed by atoms with E-state index in [1.165, 1.54) is 64.5 Å². The highest BCUT2D eigenvalue weighted by Crippen LogP contribution is 2.41. The molecule has 0 fully saturated rings. The lowest BCUT2D eigenvalue weighted by atomic mass is 10.0. The number of fused-ring (bicyclic) bond motifs is 1. The lowest BCUT2D eigenvalue weighted by molar-refractivity contribution is -0.129. The van der Waals surface area contributed by atoms with E-state index in [0.29, 0.717) is 74.6 Å². The molecule has 0 spiro atoms. The molecule has 1 unspecified atom stereocenters. The Kier molecular flexibility index (Phi) is 13.7. The Bertz CT molecular complexity index is 2400. The van der Waals surface area contributed by atoms with E-state index in [1.807, 2.05) is 36.4 Å². The third-order valence-electron chi connectivity index (χ3n) is 9.38. The predicted octanol–water partition coefficient (Wildman–Crippen LogP) is 7.35. The van der Waals surface area contributed by atoms with Gasteiger partial charge in [-0.2, -0.15) is 0 Å². The number of thiophene rings is 1. The molecule has 3 N–H and O–H groups in total. The van der Waals surface area contributed by atoms with E-state index < -0.39 is 23.0 Å². The molecule has 0 saturated carbocycles. The summed E-state index contributed by atoms with van der Waals surface area (Å²) < 4.78 is 21.6. The number of amides is 4. The smallest absolute Gasteiger partial charge is 0.341 e. The third-order valence-corrected chi connectivity index (χ3v) is 11.8. The van der Waals surface area contributed by atoms with Crippen LogP contribution in [0.15, 0.2) is 108 Å². The van der Waals surface area contributed by atoms with Crippen LogP contribution in [-0.2, 0) is 32.1 Å². The molecular weight excluding hydrogens is 793 g/mol. The summed E-state index contributed by atoms with van der Waals surface area (Å²) in [5, 5.41) is 8.18. The lowest BCUT2D eigenvalue weighted by Gasteiger charge is -2.25. The molecule has 13 nitrogen and oxygen atoms in total. The molecule has 15 heteroatoms. The minimum absolute atomic E-state index is 0.0736. The van der Waals surface area contributed by atoms with Crippen molar-refractivity contribution in [1.29, 1.82) is 0 Å². The molecule has 0 aliphatic carbocycles. The van der Waals surface area contributed by atoms with Crippen LogP contribution in [0.25, 0.3) is 6.08 Å². The Morgan fingerprint density at radius 2 is 1.47 bits per heavy atom. The largest absolute Gasteiger partial charge is 0.496 e. The average molecular weight is 835 g/mol. The first-order valence-electron chi connectivity index (χ1n) is 18.3. The number of nitrogens with zero attached hydrogens (tertiary/aromatic N) is 1. The van der Waals surface area contributed by atoms with Gasteiger partial charge >= 0.3 is 5.97 Å². The Morgan fingerprint density at radius 1 is 0.797 bits per heavy atom. The normalized spacial score (nSPS) is 12.7. The number of hydrogen-bond donors (Lipinski definition) is 3. The van der Waals surface area contributed by atoms with E-state index in [9.17, 15) is 24.0 Å². The van der Waals surface area contributed by atoms with Crippen molar-refractivity contribution in [2.45, 2.75) is 30.0 Å². The molecule has 4 amide bonds. The fourth-order valence-corrected chi connectivity index (χ4v) is 8.74. The van der Waals surface area contributed by atoms with Crippen LogP contribution < -0.4 is 30.2 Å². The fraction of sp³-hybridized carbons (Fsp3) is 0.205. The predicted molar refractivity (Wildman–Crippen MR) is 227 cm³/mol. The minimum Gasteiger partial charge on any atom is -0.496 e. The van der Waals surface area contributed by atoms with Gasteiger partial charge in [-0.1, -0.05) is 54.6 Å². The Morgan fingerprint density at radius 3 is 2.14 bits per heavy atom. The van der Waals surface area contributed by atoms with Gasteiger partial charge in [-0.3, -0.25) is 19.2 Å². The highest BCUT2D eigenvalue weighted by atomic mass is 32.2. The van der Waals surface area contributed by atoms with Crippen LogP contribution in [0.4, 0.5) is 10.7 Å². The zero-order valence-electron chi connectivity index (χ0n) is 33.0. The summed E-state index contributed by atoms with van der Waals surface area (Å²) in [5.74, 6) is -1.01. The Balaban J connectivity index is 1.29. The van der Waals surface area contributed by atoms with Gasteiger partial charge < -0.3 is 39.8 Å². The van der Waals surface area contributed by atoms with Crippen molar-refractivity contribution in [2.24, 2.45) is 0 Å². The number of benzene rings is 4. The van der Waals surface area contributed by atoms with Crippen molar-refractivity contribution in [2.75, 3.05) is 45.6 Å². The molecule has 2 heterocycles. The summed E-state index contributed by atoms with van der Waals surface area (Å²) in [6.07, 6.45) is 1.93. The van der Waals surface area contributed by atoms with Crippen molar-refractivity contribution in [3.8, 4) is 17.2 Å². The van der Waals surface area contributed by atoms with Crippen molar-refractivity contribution < 1.29 is 42.9 Å². The number of anilines is 2. The Hall–Kier alpha value is -6.58. The van der Waals surface area contributed by atoms with Crippen LogP contribution in [0.5, 0.6) is 17.2 Å². The van der Waals surface area contributed by atoms with E-state index in [-0.39, 0.29) is 17.5 Å². The summed E-state index contributed by atoms with van der Waals surface area (Å²) >= 11 is 2.50. The van der Waals surface area contributed by atoms with Crippen LogP contribution in [0.3, 0.4) is 0 Å². The van der Waals surface area contributed by atoms with Gasteiger partial charge in [-0.15, -0.1) is 23.1 Å². The molecule has 59 heavy (non-hydrogen) atoms. The molecule has 1 aliphatic rings. The summed E-state index contributed by atoms with van der Waals surface area (Å²) in [6.45, 7) is 2.29. The van der Waals surface area contributed by atoms with Gasteiger partial charge in [0.1, 0.15) is 21.7 Å². The number of rotatable bonds is 14. The lowest BCUT2D eigenvalue weighted by Crippen LogP contribution is -2.33. The second kappa shape index (κ2) is 19.2. The Labute approximate surface area is 349 Å². The third kappa shape index (κ3) is 9.94. The van der Waals surface area contributed by atoms with Gasteiger partial charge in [0.05, 0.1) is 40.5 Å². The standard InChI is InChI=1S/C44H42N4O9S2/c1-26(49)48-20-19-32-37(25-48)59-43(38(32)44(53)57-5)47-42(52)39(27-13-8-6-9-14-27)58-31-18-12-17-30(23-31)45-41(51)33(46-40(50)28-15-10-7-11-16-28)21-29-22-35(55-3)36(56-4)24-34(29)54-2/h6-18,21-24,39H,19-20,25H2,1-5H3,(H,45,51)(H,46,50)(H,47,52)/b33-21+. The molecule has 5 aromatic rings. The summed E-state index contributed by atoms with van der Waals surface area (Å²) in [7, 11) is 5.74. The number of hydrogen-bond acceptors (Lipinski definition) is 11. The summed E-state index contributed by atoms with van der Waals surface area (Å²) in [5.41, 5.74) is 2.83. The SMILES string of the molecule is COC(=O)c1c(NC(=O)C(Sc2cccc(NC(=O)/C(=C\c3cc(OC)c(OC)cc3OC)NC(=O)c3ccccc3)c2)c2ccccc2)sc2c1CCN(C(C)=O)C2. The van der Waals surface area contributed by atoms with Crippen molar-refractivity contribution in [1.82, 2.24) is 10.2 Å². The number of esters is 1. The molecule has 4 aromatic carbocycles. The maximum atomic E-state index is 14.3. The molecule has 0 saturated heterocycles. The number of carbonyl (C=O) groups is 5. The van der Waals surface area contributed by atoms with Gasteiger partial charge in [-0.25, -0.2) is 4.79 Å². The van der Waals surface area contributed by atoms with Crippen molar-refractivity contribution in [3.63, 3.8) is 0 Å². The molecular formula is C44H42N4O9S2. The van der Waals surface area contributed by atoms with E-state index in [2.05, 4.69) is 16.0 Å². The molecule has 1 aliphatic heterocycles. The number of thioether (sulfide) groups is 1. The highest BCUT2D eigenvalue weighted by Gasteiger charge is 2.32. The first-order chi connectivity index (χ1) is 28.5. The van der Waals surface area contributed by atoms with Crippen LogP contribution in [0.1, 0.15) is 54.5 Å². The van der Waals surface area contributed by atoms with Gasteiger partial charge in [0, 0.05) is 46.1 Å². The molecule has 0 bridgehead atoms. The van der Waals surface area contributed by atoms with Crippen molar-refractivity contribution >= 4 is 69.5 Å². The van der Waals surface area contributed by atoms with E-state index >= 15 is 0 Å². The summed E-state index contributed by atoms with van der Waals surface area (Å²) in [4.78, 5) is 70.1. The van der Waals surface area contributed by atoms with Gasteiger partial charge in [-0.05, 0) is 60.0 Å². The number of carbonyl (C=O) groups excluding carboxylic acids is 5. The topological polar surface area (TPSA) is 162 Å². The molecule has 0 radical (unpaired) electrons. The first-order valence-corrected chi connectivity index (χ1v) is 20.0. The zero-order valence-corrected chi connectivity index (χ0v) is 34.6. The van der Waals surface area contributed by atoms with Crippen LogP contribution in [-0.4, -0.2) is 69.5 Å². The van der Waals surface area contributed by atoms with Gasteiger partial charge in [0.15, 0.2) is 11.5 Å². The minimum atomic E-state index is -0.793. The van der Waals surface area contributed by atoms with Crippen molar-refractivity contribution in [3.05, 3.63) is 135 Å². The maximum absolute atomic E-state index is 14.3. The van der Waals surface area contributed by atoms with Crippen LogP contribution >= 0.6 is 23.1 Å². The molecule has 1 atom stereocenters. The highest BCUT2D eigenvalue weighted by molar-refractivity contribution is 8.00. The first kappa shape index (κ1) is 42.0. The van der Waals surface area contributed by atoms with E-state index in [4.69, 9.17) is 18.9 Å². The number of nitrogens with one attached hydrogen (secondary N) is 3. The van der Waals surface area contributed by atoms with E-state index in [0.717, 1.165) is 10.4 Å². The van der Waals surface area contributed by atoms with E-state index in [1.54, 1.807) is 65.6 Å². The zero-order chi connectivity index (χ0) is 42.1. The maximum Gasteiger partial charge on any atom is 0.341 e. The summed E-state index contributed by atoms with van der Waals surface area (Å²) in [6, 6.07) is 27.9. The second-order valence-corrected chi connectivity index (χ2v) is 15.4. The number of methoxy groups -OCH3 is 4. The van der Waals surface area contributed by atoms with Gasteiger partial charge in [0.25, 0.3) is 11.8 Å². The molecule has 1 aromatic heterocycles. The number of ether oxygens (including phenoxy) is 4. The monoisotopic (exact) mass is 834 g/mol. The van der Waals surface area contributed by atoms with Gasteiger partial charge in [0.2, 0.25) is 11.8 Å². The van der Waals surface area contributed by atoms with Crippen LogP contribution in [0.2, 0.25) is 0 Å². The average Bonchev–Trinajstić information content (AvgIpc) is 3.62. The molecule has 304 valence electrons. The van der Waals surface area contributed by atoms with Crippen LogP contribution in [0, 0.1) is 0 Å². The second-order valence-electron chi connectivity index (χ2n) is 13.1.